The second-order valence-electron chi connectivity index (χ2n) is 6.71. The molecule has 0 bridgehead atoms. The van der Waals surface area contributed by atoms with Gasteiger partial charge in [-0.3, -0.25) is 4.90 Å². The van der Waals surface area contributed by atoms with Crippen molar-refractivity contribution in [2.24, 2.45) is 5.92 Å². The van der Waals surface area contributed by atoms with Crippen LogP contribution >= 0.6 is 12.4 Å². The molecule has 1 aromatic rings. The number of halogens is 4. The third kappa shape index (κ3) is 5.50. The molecule has 1 saturated carbocycles. The molecule has 7 heteroatoms. The summed E-state index contributed by atoms with van der Waals surface area (Å²) < 4.78 is 42.8. The van der Waals surface area contributed by atoms with E-state index in [1.165, 1.54) is 12.5 Å². The molecule has 1 aliphatic heterocycles. The number of benzene rings is 1. The Balaban J connectivity index is 0.00000225. The number of ether oxygens (including phenoxy) is 1. The van der Waals surface area contributed by atoms with Crippen molar-refractivity contribution in [3.05, 3.63) is 29.8 Å². The highest BCUT2D eigenvalue weighted by Crippen LogP contribution is 2.42. The number of para-hydroxylation sites is 1. The van der Waals surface area contributed by atoms with E-state index in [1.54, 1.807) is 6.07 Å². The minimum atomic E-state index is -4.66. The summed E-state index contributed by atoms with van der Waals surface area (Å²) in [5.41, 5.74) is 0.684. The summed E-state index contributed by atoms with van der Waals surface area (Å²) in [6, 6.07) is 6.69. The molecule has 1 atom stereocenters. The van der Waals surface area contributed by atoms with Gasteiger partial charge < -0.3 is 10.1 Å². The van der Waals surface area contributed by atoms with Gasteiger partial charge >= 0.3 is 6.36 Å². The van der Waals surface area contributed by atoms with Crippen molar-refractivity contribution >= 4 is 12.4 Å². The maximum atomic E-state index is 12.8. The molecule has 1 aliphatic carbocycles. The van der Waals surface area contributed by atoms with Gasteiger partial charge in [0.15, 0.2) is 0 Å². The number of rotatable bonds is 4. The molecule has 2 aliphatic rings. The molecule has 3 nitrogen and oxygen atoms in total. The highest BCUT2D eigenvalue weighted by Gasteiger charge is 2.36. The lowest BCUT2D eigenvalue weighted by Gasteiger charge is -2.41. The molecule has 0 radical (unpaired) electrons. The SMILES string of the molecule is Cl.FC(F)(F)Oc1ccccc1[C@@H](C1CCCCC1)N1CCNCC1. The van der Waals surface area contributed by atoms with E-state index in [0.717, 1.165) is 51.9 Å². The van der Waals surface area contributed by atoms with Gasteiger partial charge in [-0.1, -0.05) is 37.5 Å². The zero-order valence-corrected chi connectivity index (χ0v) is 15.0. The molecule has 0 unspecified atom stereocenters. The molecule has 2 fully saturated rings. The summed E-state index contributed by atoms with van der Waals surface area (Å²) in [5.74, 6) is 0.355. The Morgan fingerprint density at radius 3 is 2.32 bits per heavy atom. The Hall–Kier alpha value is -0.980. The average molecular weight is 379 g/mol. The molecule has 1 saturated heterocycles. The summed E-state index contributed by atoms with van der Waals surface area (Å²) in [6.45, 7) is 3.49. The second-order valence-corrected chi connectivity index (χ2v) is 6.71. The molecule has 0 amide bonds. The van der Waals surface area contributed by atoms with Crippen LogP contribution in [0.4, 0.5) is 13.2 Å². The van der Waals surface area contributed by atoms with E-state index in [0.29, 0.717) is 11.5 Å². The average Bonchev–Trinajstić information content (AvgIpc) is 2.57. The van der Waals surface area contributed by atoms with Crippen LogP contribution in [0.15, 0.2) is 24.3 Å². The van der Waals surface area contributed by atoms with E-state index in [9.17, 15) is 13.2 Å². The smallest absolute Gasteiger partial charge is 0.405 e. The van der Waals surface area contributed by atoms with Gasteiger partial charge in [-0.25, -0.2) is 0 Å². The second kappa shape index (κ2) is 9.10. The van der Waals surface area contributed by atoms with Crippen LogP contribution in [0.1, 0.15) is 43.7 Å². The van der Waals surface area contributed by atoms with Crippen LogP contribution in [0.5, 0.6) is 5.75 Å². The quantitative estimate of drug-likeness (QED) is 0.832. The van der Waals surface area contributed by atoms with Gasteiger partial charge in [0.1, 0.15) is 5.75 Å². The zero-order chi connectivity index (χ0) is 17.0. The first-order valence-corrected chi connectivity index (χ1v) is 8.84. The van der Waals surface area contributed by atoms with Gasteiger partial charge in [0, 0.05) is 37.8 Å². The first-order chi connectivity index (χ1) is 11.5. The van der Waals surface area contributed by atoms with E-state index in [4.69, 9.17) is 0 Å². The van der Waals surface area contributed by atoms with Gasteiger partial charge in [0.2, 0.25) is 0 Å². The first kappa shape index (κ1) is 20.3. The minimum absolute atomic E-state index is 0. The van der Waals surface area contributed by atoms with Gasteiger partial charge in [0.05, 0.1) is 0 Å². The Morgan fingerprint density at radius 1 is 1.04 bits per heavy atom. The maximum Gasteiger partial charge on any atom is 0.573 e. The largest absolute Gasteiger partial charge is 0.573 e. The van der Waals surface area contributed by atoms with Crippen LogP contribution in [0.25, 0.3) is 0 Å². The van der Waals surface area contributed by atoms with Crippen molar-refractivity contribution in [3.8, 4) is 5.75 Å². The normalized spacial score (nSPS) is 21.4. The third-order valence-electron chi connectivity index (χ3n) is 5.10. The van der Waals surface area contributed by atoms with E-state index < -0.39 is 6.36 Å². The van der Waals surface area contributed by atoms with E-state index in [-0.39, 0.29) is 24.2 Å². The number of nitrogens with zero attached hydrogens (tertiary/aromatic N) is 1. The monoisotopic (exact) mass is 378 g/mol. The van der Waals surface area contributed by atoms with Crippen molar-refractivity contribution in [1.82, 2.24) is 10.2 Å². The van der Waals surface area contributed by atoms with Crippen molar-refractivity contribution in [2.75, 3.05) is 26.2 Å². The highest BCUT2D eigenvalue weighted by atomic mass is 35.5. The first-order valence-electron chi connectivity index (χ1n) is 8.84. The van der Waals surface area contributed by atoms with Gasteiger partial charge in [-0.05, 0) is 24.8 Å². The van der Waals surface area contributed by atoms with Crippen molar-refractivity contribution in [1.29, 1.82) is 0 Å². The maximum absolute atomic E-state index is 12.8. The Morgan fingerprint density at radius 2 is 1.68 bits per heavy atom. The molecule has 0 spiro atoms. The van der Waals surface area contributed by atoms with Gasteiger partial charge in [-0.2, -0.15) is 0 Å². The summed E-state index contributed by atoms with van der Waals surface area (Å²) >= 11 is 0. The third-order valence-corrected chi connectivity index (χ3v) is 5.10. The molecule has 0 aromatic heterocycles. The number of hydrogen-bond acceptors (Lipinski definition) is 3. The molecule has 3 rings (SSSR count). The summed E-state index contributed by atoms with van der Waals surface area (Å²) in [6.07, 6.45) is 1.05. The molecule has 142 valence electrons. The Kier molecular flexibility index (Phi) is 7.40. The van der Waals surface area contributed by atoms with E-state index >= 15 is 0 Å². The molecule has 25 heavy (non-hydrogen) atoms. The lowest BCUT2D eigenvalue weighted by molar-refractivity contribution is -0.275. The summed E-state index contributed by atoms with van der Waals surface area (Å²) in [4.78, 5) is 2.34. The predicted octanol–water partition coefficient (Wildman–Crippen LogP) is 4.53. The van der Waals surface area contributed by atoms with Crippen LogP contribution in [0.3, 0.4) is 0 Å². The van der Waals surface area contributed by atoms with E-state index in [2.05, 4.69) is 15.0 Å². The van der Waals surface area contributed by atoms with Crippen molar-refractivity contribution in [2.45, 2.75) is 44.5 Å². The van der Waals surface area contributed by atoms with Crippen molar-refractivity contribution in [3.63, 3.8) is 0 Å². The van der Waals surface area contributed by atoms with Crippen LogP contribution in [0, 0.1) is 5.92 Å². The number of nitrogens with one attached hydrogen (secondary N) is 1. The van der Waals surface area contributed by atoms with Crippen LogP contribution < -0.4 is 10.1 Å². The van der Waals surface area contributed by atoms with E-state index in [1.807, 2.05) is 12.1 Å². The lowest BCUT2D eigenvalue weighted by Crippen LogP contribution is -2.47. The van der Waals surface area contributed by atoms with Crippen LogP contribution in [0.2, 0.25) is 0 Å². The molecular weight excluding hydrogens is 353 g/mol. The topological polar surface area (TPSA) is 24.5 Å². The number of alkyl halides is 3. The number of hydrogen-bond donors (Lipinski definition) is 1. The zero-order valence-electron chi connectivity index (χ0n) is 14.2. The van der Waals surface area contributed by atoms with Gasteiger partial charge in [0.25, 0.3) is 0 Å². The molecule has 1 aromatic carbocycles. The minimum Gasteiger partial charge on any atom is -0.405 e. The fraction of sp³-hybridized carbons (Fsp3) is 0.667. The summed E-state index contributed by atoms with van der Waals surface area (Å²) in [7, 11) is 0. The molecular formula is C18H26ClF3N2O. The van der Waals surface area contributed by atoms with Gasteiger partial charge in [-0.15, -0.1) is 25.6 Å². The number of piperazine rings is 1. The Bertz CT molecular complexity index is 511. The Labute approximate surface area is 153 Å². The molecule has 1 N–H and O–H groups in total. The fourth-order valence-electron chi connectivity index (χ4n) is 4.10. The standard InChI is InChI=1S/C18H25F3N2O.ClH/c19-18(20,21)24-16-9-5-4-8-15(16)17(14-6-2-1-3-7-14)23-12-10-22-11-13-23;/h4-5,8-9,14,17,22H,1-3,6-7,10-13H2;1H/t17-;/m1./s1. The highest BCUT2D eigenvalue weighted by molar-refractivity contribution is 5.85. The molecule has 1 heterocycles. The van der Waals surface area contributed by atoms with Crippen LogP contribution in [-0.4, -0.2) is 37.4 Å². The summed E-state index contributed by atoms with van der Waals surface area (Å²) in [5, 5.41) is 3.32. The fourth-order valence-corrected chi connectivity index (χ4v) is 4.10. The predicted molar refractivity (Wildman–Crippen MR) is 94.1 cm³/mol. The van der Waals surface area contributed by atoms with Crippen molar-refractivity contribution < 1.29 is 17.9 Å². The van der Waals surface area contributed by atoms with Crippen LogP contribution in [-0.2, 0) is 0 Å². The lowest BCUT2D eigenvalue weighted by atomic mass is 9.80.